The number of benzene rings is 2. The summed E-state index contributed by atoms with van der Waals surface area (Å²) in [5, 5.41) is 12.6. The lowest BCUT2D eigenvalue weighted by Gasteiger charge is -2.19. The van der Waals surface area contributed by atoms with E-state index in [-0.39, 0.29) is 23.6 Å². The first-order valence-corrected chi connectivity index (χ1v) is 12.3. The van der Waals surface area contributed by atoms with Crippen LogP contribution in [0.15, 0.2) is 42.5 Å². The quantitative estimate of drug-likeness (QED) is 0.338. The first-order chi connectivity index (χ1) is 18.6. The molecule has 1 aromatic heterocycles. The molecule has 208 valence electrons. The largest absolute Gasteiger partial charge is 0.493 e. The number of rotatable bonds is 12. The molecule has 3 aromatic rings. The SMILES string of the molecule is COc1ccc(CCN(C)c2nc(Cl)nc(N[C@@H](Cc3ccc(OC(=O)N(C)C)cc3)C(=O)O)n2)cc1OC. The predicted octanol–water partition coefficient (Wildman–Crippen LogP) is 3.39. The van der Waals surface area contributed by atoms with Crippen molar-refractivity contribution < 1.29 is 28.9 Å². The summed E-state index contributed by atoms with van der Waals surface area (Å²) >= 11 is 6.14. The summed E-state index contributed by atoms with van der Waals surface area (Å²) in [6, 6.07) is 11.2. The van der Waals surface area contributed by atoms with Gasteiger partial charge in [0.05, 0.1) is 14.2 Å². The minimum Gasteiger partial charge on any atom is -0.493 e. The van der Waals surface area contributed by atoms with Crippen LogP contribution in [0.4, 0.5) is 16.7 Å². The van der Waals surface area contributed by atoms with Crippen molar-refractivity contribution in [3.8, 4) is 17.2 Å². The third kappa shape index (κ3) is 8.34. The fourth-order valence-electron chi connectivity index (χ4n) is 3.49. The smallest absolute Gasteiger partial charge is 0.414 e. The Bertz CT molecular complexity index is 1290. The number of likely N-dealkylation sites (N-methyl/N-ethyl adjacent to an activating group) is 1. The topological polar surface area (TPSA) is 139 Å². The molecule has 0 unspecified atom stereocenters. The van der Waals surface area contributed by atoms with Gasteiger partial charge in [0, 0.05) is 34.1 Å². The molecular formula is C26H31ClN6O6. The van der Waals surface area contributed by atoms with E-state index in [2.05, 4.69) is 20.3 Å². The van der Waals surface area contributed by atoms with Crippen LogP contribution in [0.3, 0.4) is 0 Å². The van der Waals surface area contributed by atoms with E-state index in [9.17, 15) is 14.7 Å². The summed E-state index contributed by atoms with van der Waals surface area (Å²) in [5.41, 5.74) is 1.72. The Kier molecular flexibility index (Phi) is 10.1. The maximum absolute atomic E-state index is 12.0. The molecule has 12 nitrogen and oxygen atoms in total. The predicted molar refractivity (Wildman–Crippen MR) is 146 cm³/mol. The number of methoxy groups -OCH3 is 2. The van der Waals surface area contributed by atoms with Crippen LogP contribution in [0, 0.1) is 0 Å². The van der Waals surface area contributed by atoms with E-state index in [4.69, 9.17) is 25.8 Å². The molecule has 0 radical (unpaired) electrons. The number of anilines is 2. The summed E-state index contributed by atoms with van der Waals surface area (Å²) in [4.78, 5) is 39.4. The van der Waals surface area contributed by atoms with Crippen LogP contribution in [0.5, 0.6) is 17.2 Å². The van der Waals surface area contributed by atoms with E-state index in [1.807, 2.05) is 18.2 Å². The second-order valence-corrected chi connectivity index (χ2v) is 9.07. The molecule has 0 aliphatic rings. The number of hydrogen-bond donors (Lipinski definition) is 2. The zero-order valence-electron chi connectivity index (χ0n) is 22.3. The first kappa shape index (κ1) is 29.2. The summed E-state index contributed by atoms with van der Waals surface area (Å²) in [7, 11) is 8.12. The van der Waals surface area contributed by atoms with Gasteiger partial charge in [-0.05, 0) is 53.4 Å². The van der Waals surface area contributed by atoms with E-state index in [0.29, 0.717) is 35.8 Å². The van der Waals surface area contributed by atoms with E-state index >= 15 is 0 Å². The van der Waals surface area contributed by atoms with Crippen LogP contribution >= 0.6 is 11.6 Å². The highest BCUT2D eigenvalue weighted by Gasteiger charge is 2.21. The average Bonchev–Trinajstić information content (AvgIpc) is 2.91. The second kappa shape index (κ2) is 13.5. The van der Waals surface area contributed by atoms with Crippen molar-refractivity contribution in [3.05, 3.63) is 58.9 Å². The molecule has 0 aliphatic heterocycles. The van der Waals surface area contributed by atoms with Crippen molar-refractivity contribution >= 4 is 35.6 Å². The van der Waals surface area contributed by atoms with Crippen LogP contribution in [-0.2, 0) is 17.6 Å². The number of carboxylic acids is 1. The van der Waals surface area contributed by atoms with Gasteiger partial charge in [-0.25, -0.2) is 9.59 Å². The molecule has 3 rings (SSSR count). The first-order valence-electron chi connectivity index (χ1n) is 11.9. The van der Waals surface area contributed by atoms with Crippen LogP contribution in [-0.4, -0.2) is 85.0 Å². The number of carbonyl (C=O) groups excluding carboxylic acids is 1. The van der Waals surface area contributed by atoms with E-state index in [1.165, 1.54) is 4.90 Å². The molecule has 0 spiro atoms. The number of ether oxygens (including phenoxy) is 3. The van der Waals surface area contributed by atoms with Gasteiger partial charge in [-0.1, -0.05) is 18.2 Å². The van der Waals surface area contributed by atoms with Gasteiger partial charge in [0.25, 0.3) is 0 Å². The number of aromatic nitrogens is 3. The molecule has 0 saturated heterocycles. The van der Waals surface area contributed by atoms with Crippen molar-refractivity contribution in [2.45, 2.75) is 18.9 Å². The molecule has 0 saturated carbocycles. The molecule has 1 heterocycles. The number of hydrogen-bond acceptors (Lipinski definition) is 10. The van der Waals surface area contributed by atoms with Gasteiger partial charge in [-0.15, -0.1) is 0 Å². The average molecular weight is 559 g/mol. The van der Waals surface area contributed by atoms with Crippen LogP contribution in [0.2, 0.25) is 5.28 Å². The number of aliphatic carboxylic acids is 1. The Morgan fingerprint density at radius 2 is 1.64 bits per heavy atom. The highest BCUT2D eigenvalue weighted by atomic mass is 35.5. The minimum atomic E-state index is -1.10. The summed E-state index contributed by atoms with van der Waals surface area (Å²) in [6.07, 6.45) is 0.259. The lowest BCUT2D eigenvalue weighted by Crippen LogP contribution is -2.33. The van der Waals surface area contributed by atoms with Crippen LogP contribution < -0.4 is 24.4 Å². The zero-order chi connectivity index (χ0) is 28.5. The van der Waals surface area contributed by atoms with Gasteiger partial charge in [0.2, 0.25) is 17.2 Å². The van der Waals surface area contributed by atoms with Crippen molar-refractivity contribution in [1.82, 2.24) is 19.9 Å². The highest BCUT2D eigenvalue weighted by Crippen LogP contribution is 2.28. The zero-order valence-corrected chi connectivity index (χ0v) is 23.1. The Morgan fingerprint density at radius 3 is 2.26 bits per heavy atom. The molecule has 13 heteroatoms. The summed E-state index contributed by atoms with van der Waals surface area (Å²) < 4.78 is 15.8. The number of carboxylic acid groups (broad SMARTS) is 1. The maximum atomic E-state index is 12.0. The number of carbonyl (C=O) groups is 2. The lowest BCUT2D eigenvalue weighted by molar-refractivity contribution is -0.137. The fourth-order valence-corrected chi connectivity index (χ4v) is 3.64. The third-order valence-electron chi connectivity index (χ3n) is 5.66. The minimum absolute atomic E-state index is 0.0342. The third-order valence-corrected chi connectivity index (χ3v) is 5.83. The number of amides is 1. The van der Waals surface area contributed by atoms with E-state index < -0.39 is 18.1 Å². The Labute approximate surface area is 231 Å². The number of halogens is 1. The summed E-state index contributed by atoms with van der Waals surface area (Å²) in [6.45, 7) is 0.544. The van der Waals surface area contributed by atoms with Gasteiger partial charge in [0.1, 0.15) is 11.8 Å². The molecule has 2 N–H and O–H groups in total. The Hall–Kier alpha value is -4.32. The van der Waals surface area contributed by atoms with Crippen molar-refractivity contribution in [1.29, 1.82) is 0 Å². The molecule has 39 heavy (non-hydrogen) atoms. The van der Waals surface area contributed by atoms with Gasteiger partial charge in [-0.3, -0.25) is 0 Å². The van der Waals surface area contributed by atoms with Crippen LogP contribution in [0.25, 0.3) is 0 Å². The van der Waals surface area contributed by atoms with E-state index in [1.54, 1.807) is 64.5 Å². The van der Waals surface area contributed by atoms with Gasteiger partial charge >= 0.3 is 12.1 Å². The number of nitrogens with one attached hydrogen (secondary N) is 1. The Balaban J connectivity index is 1.67. The fraction of sp³-hybridized carbons (Fsp3) is 0.346. The molecule has 0 fully saturated rings. The van der Waals surface area contributed by atoms with Gasteiger partial charge in [0.15, 0.2) is 11.5 Å². The number of nitrogens with zero attached hydrogens (tertiary/aromatic N) is 5. The van der Waals surface area contributed by atoms with Crippen molar-refractivity contribution in [2.75, 3.05) is 52.1 Å². The van der Waals surface area contributed by atoms with Crippen molar-refractivity contribution in [2.24, 2.45) is 0 Å². The molecule has 1 amide bonds. The van der Waals surface area contributed by atoms with E-state index in [0.717, 1.165) is 5.56 Å². The monoisotopic (exact) mass is 558 g/mol. The van der Waals surface area contributed by atoms with Crippen LogP contribution in [0.1, 0.15) is 11.1 Å². The molecule has 0 aliphatic carbocycles. The highest BCUT2D eigenvalue weighted by molar-refractivity contribution is 6.28. The molecular weight excluding hydrogens is 528 g/mol. The second-order valence-electron chi connectivity index (χ2n) is 8.73. The normalized spacial score (nSPS) is 11.3. The standard InChI is InChI=1S/C26H31ClN6O6/c1-32(2)26(36)39-18-9-6-16(7-10-18)14-19(22(34)35)28-24-29-23(27)30-25(31-24)33(3)13-12-17-8-11-20(37-4)21(15-17)38-5/h6-11,15,19H,12-14H2,1-5H3,(H,34,35)(H,28,29,30,31)/t19-/m0/s1. The molecule has 0 bridgehead atoms. The maximum Gasteiger partial charge on any atom is 0.414 e. The van der Waals surface area contributed by atoms with Crippen molar-refractivity contribution in [3.63, 3.8) is 0 Å². The molecule has 1 atom stereocenters. The van der Waals surface area contributed by atoms with Gasteiger partial charge in [-0.2, -0.15) is 15.0 Å². The lowest BCUT2D eigenvalue weighted by atomic mass is 10.1. The van der Waals surface area contributed by atoms with Gasteiger partial charge < -0.3 is 34.4 Å². The molecule has 2 aromatic carbocycles. The summed E-state index contributed by atoms with van der Waals surface area (Å²) in [5.74, 6) is 0.851. The Morgan fingerprint density at radius 1 is 0.974 bits per heavy atom.